The van der Waals surface area contributed by atoms with Crippen molar-refractivity contribution in [3.63, 3.8) is 0 Å². The number of nitrogens with zero attached hydrogens (tertiary/aromatic N) is 3. The molecule has 12 heteroatoms. The van der Waals surface area contributed by atoms with Gasteiger partial charge in [-0.2, -0.15) is 0 Å². The Kier molecular flexibility index (Phi) is 8.00. The van der Waals surface area contributed by atoms with Gasteiger partial charge in [-0.15, -0.1) is 0 Å². The first-order valence-corrected chi connectivity index (χ1v) is 12.0. The number of hydrogen-bond acceptors (Lipinski definition) is 5. The highest BCUT2D eigenvalue weighted by Crippen LogP contribution is 2.30. The van der Waals surface area contributed by atoms with E-state index in [4.69, 9.17) is 33.0 Å². The minimum absolute atomic E-state index is 0.313. The van der Waals surface area contributed by atoms with E-state index in [1.54, 1.807) is 53.4 Å². The van der Waals surface area contributed by atoms with Gasteiger partial charge < -0.3 is 25.4 Å². The molecular weight excluding hydrogens is 521 g/mol. The number of halogens is 2. The van der Waals surface area contributed by atoms with E-state index in [2.05, 4.69) is 15.6 Å². The Hall–Kier alpha value is -4.02. The van der Waals surface area contributed by atoms with E-state index in [1.807, 2.05) is 6.92 Å². The Morgan fingerprint density at radius 2 is 1.78 bits per heavy atom. The largest absolute Gasteiger partial charge is 0.480 e. The first kappa shape index (κ1) is 26.1. The molecule has 2 heterocycles. The maximum absolute atomic E-state index is 12.7. The Labute approximate surface area is 222 Å². The van der Waals surface area contributed by atoms with Crippen LogP contribution in [0.2, 0.25) is 10.0 Å². The number of aromatic nitrogens is 1. The quantitative estimate of drug-likeness (QED) is 0.343. The third kappa shape index (κ3) is 6.60. The molecule has 0 spiro atoms. The minimum atomic E-state index is -1.05. The molecule has 0 bridgehead atoms. The van der Waals surface area contributed by atoms with Gasteiger partial charge in [0.1, 0.15) is 12.3 Å². The number of rotatable bonds is 7. The minimum Gasteiger partial charge on any atom is -0.480 e. The van der Waals surface area contributed by atoms with Gasteiger partial charge >= 0.3 is 18.0 Å². The Morgan fingerprint density at radius 3 is 2.46 bits per heavy atom. The first-order chi connectivity index (χ1) is 17.7. The van der Waals surface area contributed by atoms with Crippen LogP contribution >= 0.6 is 23.2 Å². The third-order valence-corrected chi connectivity index (χ3v) is 6.23. The zero-order valence-electron chi connectivity index (χ0n) is 19.7. The van der Waals surface area contributed by atoms with Crippen molar-refractivity contribution in [2.75, 3.05) is 35.2 Å². The van der Waals surface area contributed by atoms with Gasteiger partial charge in [0.15, 0.2) is 0 Å². The normalized spacial score (nSPS) is 13.3. The van der Waals surface area contributed by atoms with Gasteiger partial charge in [0.25, 0.3) is 0 Å². The van der Waals surface area contributed by atoms with Crippen molar-refractivity contribution in [3.8, 4) is 11.6 Å². The van der Waals surface area contributed by atoms with E-state index >= 15 is 0 Å². The molecule has 0 saturated carbocycles. The summed E-state index contributed by atoms with van der Waals surface area (Å²) in [5.74, 6) is -0.190. The summed E-state index contributed by atoms with van der Waals surface area (Å²) in [7, 11) is 0. The highest BCUT2D eigenvalue weighted by molar-refractivity contribution is 6.42. The van der Waals surface area contributed by atoms with E-state index in [9.17, 15) is 14.4 Å². The second-order valence-electron chi connectivity index (χ2n) is 8.25. The molecule has 0 unspecified atom stereocenters. The highest BCUT2D eigenvalue weighted by atomic mass is 35.5. The number of carboxylic acid groups (broad SMARTS) is 1. The van der Waals surface area contributed by atoms with E-state index in [0.717, 1.165) is 5.56 Å². The van der Waals surface area contributed by atoms with E-state index < -0.39 is 12.0 Å². The molecule has 37 heavy (non-hydrogen) atoms. The predicted molar refractivity (Wildman–Crippen MR) is 141 cm³/mol. The molecule has 3 aromatic rings. The number of ether oxygens (including phenoxy) is 1. The number of aryl methyl sites for hydroxylation is 1. The predicted octanol–water partition coefficient (Wildman–Crippen LogP) is 5.85. The van der Waals surface area contributed by atoms with Crippen molar-refractivity contribution >= 4 is 58.3 Å². The molecule has 1 saturated heterocycles. The van der Waals surface area contributed by atoms with Crippen molar-refractivity contribution < 1.29 is 24.2 Å². The number of carboxylic acids is 1. The van der Waals surface area contributed by atoms with Crippen molar-refractivity contribution in [2.24, 2.45) is 0 Å². The Balaban J connectivity index is 1.37. The topological polar surface area (TPSA) is 124 Å². The zero-order chi connectivity index (χ0) is 26.5. The summed E-state index contributed by atoms with van der Waals surface area (Å²) in [6.45, 7) is 2.42. The van der Waals surface area contributed by atoms with Crippen LogP contribution in [0, 0.1) is 6.92 Å². The van der Waals surface area contributed by atoms with Crippen LogP contribution in [0.4, 0.5) is 26.7 Å². The maximum Gasteiger partial charge on any atom is 0.325 e. The molecule has 1 aliphatic rings. The molecule has 192 valence electrons. The van der Waals surface area contributed by atoms with Crippen LogP contribution < -0.4 is 20.3 Å². The van der Waals surface area contributed by atoms with E-state index in [0.29, 0.717) is 58.2 Å². The lowest BCUT2D eigenvalue weighted by molar-refractivity contribution is -0.137. The van der Waals surface area contributed by atoms with E-state index in [1.165, 1.54) is 11.1 Å². The number of hydrogen-bond donors (Lipinski definition) is 3. The average Bonchev–Trinajstić information content (AvgIpc) is 2.85. The molecule has 1 aliphatic heterocycles. The SMILES string of the molecule is Cc1cc(N2CCCN(CC(=O)O)C2=O)ccc1Oc1ccc(NC(=O)Nc2ccc(Cl)c(Cl)c2)cn1. The fourth-order valence-electron chi connectivity index (χ4n) is 3.74. The van der Waals surface area contributed by atoms with Crippen molar-refractivity contribution in [1.82, 2.24) is 9.88 Å². The number of anilines is 3. The lowest BCUT2D eigenvalue weighted by atomic mass is 10.1. The summed E-state index contributed by atoms with van der Waals surface area (Å²) in [4.78, 5) is 43.1. The molecular formula is C25H23Cl2N5O5. The summed E-state index contributed by atoms with van der Waals surface area (Å²) < 4.78 is 5.87. The van der Waals surface area contributed by atoms with Crippen LogP contribution in [0.15, 0.2) is 54.7 Å². The molecule has 0 atom stereocenters. The molecule has 1 aromatic heterocycles. The second-order valence-corrected chi connectivity index (χ2v) is 9.06. The van der Waals surface area contributed by atoms with Crippen LogP contribution in [0.1, 0.15) is 12.0 Å². The number of aliphatic carboxylic acids is 1. The molecule has 2 aromatic carbocycles. The summed E-state index contributed by atoms with van der Waals surface area (Å²) >= 11 is 11.8. The number of carbonyl (C=O) groups is 3. The van der Waals surface area contributed by atoms with Crippen LogP contribution in [0.25, 0.3) is 0 Å². The Bertz CT molecular complexity index is 1340. The number of amides is 4. The molecule has 0 radical (unpaired) electrons. The van der Waals surface area contributed by atoms with Crippen LogP contribution in [0.3, 0.4) is 0 Å². The lowest BCUT2D eigenvalue weighted by Gasteiger charge is -2.35. The third-order valence-electron chi connectivity index (χ3n) is 5.49. The van der Waals surface area contributed by atoms with Gasteiger partial charge in [0, 0.05) is 30.5 Å². The summed E-state index contributed by atoms with van der Waals surface area (Å²) in [6.07, 6.45) is 2.13. The number of nitrogens with one attached hydrogen (secondary N) is 2. The van der Waals surface area contributed by atoms with Crippen molar-refractivity contribution in [3.05, 3.63) is 70.3 Å². The number of benzene rings is 2. The molecule has 1 fully saturated rings. The second kappa shape index (κ2) is 11.4. The molecule has 4 amide bonds. The Morgan fingerprint density at radius 1 is 1.03 bits per heavy atom. The number of carbonyl (C=O) groups excluding carboxylic acids is 2. The zero-order valence-corrected chi connectivity index (χ0v) is 21.2. The summed E-state index contributed by atoms with van der Waals surface area (Å²) in [5.41, 5.74) is 2.36. The molecule has 10 nitrogen and oxygen atoms in total. The van der Waals surface area contributed by atoms with Gasteiger partial charge in [-0.3, -0.25) is 9.69 Å². The smallest absolute Gasteiger partial charge is 0.325 e. The standard InChI is InChI=1S/C25H23Cl2N5O5/c1-15-11-18(32-10-2-9-31(25(32)36)14-23(33)34)5-7-21(15)37-22-8-4-17(13-28-22)30-24(35)29-16-3-6-19(26)20(27)12-16/h3-8,11-13H,2,9-10,14H2,1H3,(H,33,34)(H2,29,30,35). The first-order valence-electron chi connectivity index (χ1n) is 11.3. The van der Waals surface area contributed by atoms with Gasteiger partial charge in [-0.25, -0.2) is 14.6 Å². The van der Waals surface area contributed by atoms with Crippen molar-refractivity contribution in [1.29, 1.82) is 0 Å². The molecule has 3 N–H and O–H groups in total. The van der Waals surface area contributed by atoms with Crippen LogP contribution in [0.5, 0.6) is 11.6 Å². The van der Waals surface area contributed by atoms with Crippen LogP contribution in [-0.4, -0.2) is 52.7 Å². The maximum atomic E-state index is 12.7. The molecule has 0 aliphatic carbocycles. The van der Waals surface area contributed by atoms with Gasteiger partial charge in [0.05, 0.1) is 21.9 Å². The van der Waals surface area contributed by atoms with Gasteiger partial charge in [-0.05, 0) is 61.4 Å². The van der Waals surface area contributed by atoms with Gasteiger partial charge in [0.2, 0.25) is 5.88 Å². The van der Waals surface area contributed by atoms with Crippen LogP contribution in [-0.2, 0) is 4.79 Å². The van der Waals surface area contributed by atoms with Gasteiger partial charge in [-0.1, -0.05) is 23.2 Å². The number of pyridine rings is 1. The molecule has 4 rings (SSSR count). The fraction of sp³-hybridized carbons (Fsp3) is 0.200. The average molecular weight is 544 g/mol. The van der Waals surface area contributed by atoms with E-state index in [-0.39, 0.29) is 12.6 Å². The summed E-state index contributed by atoms with van der Waals surface area (Å²) in [5, 5.41) is 15.1. The fourth-order valence-corrected chi connectivity index (χ4v) is 4.04. The summed E-state index contributed by atoms with van der Waals surface area (Å²) in [6, 6.07) is 12.5. The highest BCUT2D eigenvalue weighted by Gasteiger charge is 2.28. The number of urea groups is 2. The van der Waals surface area contributed by atoms with Crippen molar-refractivity contribution in [2.45, 2.75) is 13.3 Å². The lowest BCUT2D eigenvalue weighted by Crippen LogP contribution is -2.51. The monoisotopic (exact) mass is 543 g/mol.